The van der Waals surface area contributed by atoms with E-state index in [2.05, 4.69) is 34.2 Å². The molecule has 5 heteroatoms. The quantitative estimate of drug-likeness (QED) is 0.339. The molecule has 0 N–H and O–H groups in total. The van der Waals surface area contributed by atoms with Gasteiger partial charge in [-0.1, -0.05) is 60.7 Å². The predicted octanol–water partition coefficient (Wildman–Crippen LogP) is 6.21. The van der Waals surface area contributed by atoms with Gasteiger partial charge in [0.2, 0.25) is 0 Å². The van der Waals surface area contributed by atoms with Crippen LogP contribution in [0.1, 0.15) is 15.4 Å². The molecule has 0 unspecified atom stereocenters. The Balaban J connectivity index is 1.56. The third-order valence-corrected chi connectivity index (χ3v) is 5.89. The average molecular weight is 422 g/mol. The van der Waals surface area contributed by atoms with E-state index in [1.165, 1.54) is 0 Å². The van der Waals surface area contributed by atoms with Crippen molar-refractivity contribution in [2.45, 2.75) is 6.54 Å². The maximum atomic E-state index is 13.6. The number of aromatic nitrogens is 2. The van der Waals surface area contributed by atoms with Crippen LogP contribution >= 0.6 is 11.3 Å². The molecule has 1 amide bonds. The number of rotatable bonds is 5. The maximum absolute atomic E-state index is 13.6. The van der Waals surface area contributed by atoms with Crippen LogP contribution in [0.2, 0.25) is 0 Å². The van der Waals surface area contributed by atoms with Crippen LogP contribution in [0.25, 0.3) is 22.0 Å². The molecule has 0 spiro atoms. The summed E-state index contributed by atoms with van der Waals surface area (Å²) >= 11 is 1.54. The van der Waals surface area contributed by atoms with Gasteiger partial charge in [0.15, 0.2) is 0 Å². The fourth-order valence-corrected chi connectivity index (χ4v) is 4.18. The Hall–Kier alpha value is -3.83. The third kappa shape index (κ3) is 4.09. The van der Waals surface area contributed by atoms with Gasteiger partial charge in [0.1, 0.15) is 5.01 Å². The Kier molecular flexibility index (Phi) is 5.25. The minimum atomic E-state index is -0.0985. The second-order valence-electron chi connectivity index (χ2n) is 7.15. The lowest BCUT2D eigenvalue weighted by atomic mass is 10.0. The number of carbonyl (C=O) groups is 1. The summed E-state index contributed by atoms with van der Waals surface area (Å²) in [7, 11) is 0. The highest BCUT2D eigenvalue weighted by Crippen LogP contribution is 2.27. The van der Waals surface area contributed by atoms with Crippen LogP contribution in [0.15, 0.2) is 103 Å². The molecule has 5 rings (SSSR count). The minimum Gasteiger partial charge on any atom is -0.301 e. The van der Waals surface area contributed by atoms with Crippen molar-refractivity contribution in [1.82, 2.24) is 9.97 Å². The standard InChI is InChI=1S/C26H19N3OS/c30-26(22-15-21-9-4-5-12-24(21)28-17-22)29(18-25-27-13-14-31-25)23-11-6-10-20(16-23)19-7-2-1-3-8-19/h1-17H,18H2. The van der Waals surface area contributed by atoms with Crippen LogP contribution < -0.4 is 4.90 Å². The van der Waals surface area contributed by atoms with Gasteiger partial charge >= 0.3 is 0 Å². The number of benzene rings is 3. The molecule has 2 aromatic heterocycles. The smallest absolute Gasteiger partial charge is 0.260 e. The molecule has 5 aromatic rings. The molecule has 2 heterocycles. The van der Waals surface area contributed by atoms with Crippen LogP contribution in [0.3, 0.4) is 0 Å². The molecule has 0 radical (unpaired) electrons. The summed E-state index contributed by atoms with van der Waals surface area (Å²) in [6, 6.07) is 27.9. The van der Waals surface area contributed by atoms with Gasteiger partial charge in [0, 0.05) is 28.8 Å². The fraction of sp³-hybridized carbons (Fsp3) is 0.0385. The van der Waals surface area contributed by atoms with E-state index in [0.717, 1.165) is 32.7 Å². The minimum absolute atomic E-state index is 0.0985. The number of carbonyl (C=O) groups excluding carboxylic acids is 1. The summed E-state index contributed by atoms with van der Waals surface area (Å²) in [5, 5.41) is 3.75. The Labute approximate surface area is 184 Å². The molecule has 3 aromatic carbocycles. The SMILES string of the molecule is O=C(c1cnc2ccccc2c1)N(Cc1nccs1)c1cccc(-c2ccccc2)c1. The highest BCUT2D eigenvalue weighted by molar-refractivity contribution is 7.09. The Morgan fingerprint density at radius 1 is 0.839 bits per heavy atom. The molecule has 0 atom stereocenters. The molecule has 0 aliphatic heterocycles. The molecule has 0 saturated heterocycles. The van der Waals surface area contributed by atoms with Crippen molar-refractivity contribution in [2.75, 3.05) is 4.90 Å². The van der Waals surface area contributed by atoms with Gasteiger partial charge in [-0.3, -0.25) is 9.78 Å². The molecule has 0 fully saturated rings. The molecular formula is C26H19N3OS. The highest BCUT2D eigenvalue weighted by atomic mass is 32.1. The number of fused-ring (bicyclic) bond motifs is 1. The van der Waals surface area contributed by atoms with Gasteiger partial charge in [0.05, 0.1) is 17.6 Å². The molecule has 0 aliphatic rings. The molecular weight excluding hydrogens is 402 g/mol. The summed E-state index contributed by atoms with van der Waals surface area (Å²) in [6.07, 6.45) is 3.42. The van der Waals surface area contributed by atoms with Crippen molar-refractivity contribution < 1.29 is 4.79 Å². The third-order valence-electron chi connectivity index (χ3n) is 5.12. The number of pyridine rings is 1. The summed E-state index contributed by atoms with van der Waals surface area (Å²) in [4.78, 5) is 24.3. The largest absolute Gasteiger partial charge is 0.301 e. The van der Waals surface area contributed by atoms with Gasteiger partial charge in [-0.05, 0) is 35.4 Å². The summed E-state index contributed by atoms with van der Waals surface area (Å²) in [6.45, 7) is 0.404. The lowest BCUT2D eigenvalue weighted by molar-refractivity contribution is 0.0985. The van der Waals surface area contributed by atoms with E-state index in [1.54, 1.807) is 28.6 Å². The Morgan fingerprint density at radius 2 is 1.65 bits per heavy atom. The number of hydrogen-bond donors (Lipinski definition) is 0. The second kappa shape index (κ2) is 8.50. The zero-order valence-electron chi connectivity index (χ0n) is 16.7. The summed E-state index contributed by atoms with van der Waals surface area (Å²) in [5.74, 6) is -0.0985. The number of amides is 1. The monoisotopic (exact) mass is 421 g/mol. The fourth-order valence-electron chi connectivity index (χ4n) is 3.57. The van der Waals surface area contributed by atoms with Gasteiger partial charge in [-0.15, -0.1) is 11.3 Å². The van der Waals surface area contributed by atoms with Crippen molar-refractivity contribution in [1.29, 1.82) is 0 Å². The zero-order valence-corrected chi connectivity index (χ0v) is 17.5. The van der Waals surface area contributed by atoms with Crippen molar-refractivity contribution in [3.05, 3.63) is 113 Å². The summed E-state index contributed by atoms with van der Waals surface area (Å²) in [5.41, 5.74) is 4.43. The topological polar surface area (TPSA) is 46.1 Å². The van der Waals surface area contributed by atoms with E-state index in [9.17, 15) is 4.79 Å². The number of anilines is 1. The lowest BCUT2D eigenvalue weighted by Crippen LogP contribution is -2.30. The molecule has 0 saturated carbocycles. The normalized spacial score (nSPS) is 10.8. The van der Waals surface area contributed by atoms with Gasteiger partial charge in [-0.2, -0.15) is 0 Å². The van der Waals surface area contributed by atoms with Crippen molar-refractivity contribution >= 4 is 33.8 Å². The molecule has 0 aliphatic carbocycles. The lowest BCUT2D eigenvalue weighted by Gasteiger charge is -2.23. The van der Waals surface area contributed by atoms with Gasteiger partial charge < -0.3 is 4.90 Å². The van der Waals surface area contributed by atoms with E-state index < -0.39 is 0 Å². The number of thiazole rings is 1. The van der Waals surface area contributed by atoms with Crippen molar-refractivity contribution in [3.63, 3.8) is 0 Å². The number of hydrogen-bond acceptors (Lipinski definition) is 4. The van der Waals surface area contributed by atoms with Crippen LogP contribution in [-0.4, -0.2) is 15.9 Å². The van der Waals surface area contributed by atoms with Crippen molar-refractivity contribution in [2.24, 2.45) is 0 Å². The zero-order chi connectivity index (χ0) is 21.0. The van der Waals surface area contributed by atoms with Crippen LogP contribution in [0.5, 0.6) is 0 Å². The molecule has 150 valence electrons. The van der Waals surface area contributed by atoms with E-state index in [-0.39, 0.29) is 5.91 Å². The van der Waals surface area contributed by atoms with E-state index in [0.29, 0.717) is 12.1 Å². The molecule has 31 heavy (non-hydrogen) atoms. The molecule has 4 nitrogen and oxygen atoms in total. The van der Waals surface area contributed by atoms with Crippen LogP contribution in [0, 0.1) is 0 Å². The summed E-state index contributed by atoms with van der Waals surface area (Å²) < 4.78 is 0. The van der Waals surface area contributed by atoms with Crippen LogP contribution in [-0.2, 0) is 6.54 Å². The van der Waals surface area contributed by atoms with Gasteiger partial charge in [-0.25, -0.2) is 4.98 Å². The Morgan fingerprint density at radius 3 is 2.48 bits per heavy atom. The maximum Gasteiger partial charge on any atom is 0.260 e. The first kappa shape index (κ1) is 19.2. The van der Waals surface area contributed by atoms with E-state index in [4.69, 9.17) is 0 Å². The van der Waals surface area contributed by atoms with E-state index >= 15 is 0 Å². The van der Waals surface area contributed by atoms with Gasteiger partial charge in [0.25, 0.3) is 5.91 Å². The first-order valence-electron chi connectivity index (χ1n) is 9.98. The first-order valence-corrected chi connectivity index (χ1v) is 10.9. The Bertz CT molecular complexity index is 1330. The molecule has 0 bridgehead atoms. The number of para-hydroxylation sites is 1. The van der Waals surface area contributed by atoms with Crippen LogP contribution in [0.4, 0.5) is 5.69 Å². The number of nitrogens with zero attached hydrogens (tertiary/aromatic N) is 3. The highest BCUT2D eigenvalue weighted by Gasteiger charge is 2.20. The predicted molar refractivity (Wildman–Crippen MR) is 126 cm³/mol. The average Bonchev–Trinajstić information content (AvgIpc) is 3.36. The van der Waals surface area contributed by atoms with Crippen molar-refractivity contribution in [3.8, 4) is 11.1 Å². The van der Waals surface area contributed by atoms with E-state index in [1.807, 2.05) is 66.0 Å². The first-order chi connectivity index (χ1) is 15.3. The second-order valence-corrected chi connectivity index (χ2v) is 8.13.